The Morgan fingerprint density at radius 2 is 1.36 bits per heavy atom. The van der Waals surface area contributed by atoms with Crippen LogP contribution in [0.1, 0.15) is 50.0 Å². The molecule has 28 heavy (non-hydrogen) atoms. The highest BCUT2D eigenvalue weighted by atomic mass is 31.2. The third-order valence-electron chi connectivity index (χ3n) is 4.58. The van der Waals surface area contributed by atoms with Crippen molar-refractivity contribution in [3.05, 3.63) is 35.4 Å². The molecule has 0 bridgehead atoms. The molecule has 0 amide bonds. The van der Waals surface area contributed by atoms with Gasteiger partial charge >= 0.3 is 15.2 Å². The maximum atomic E-state index is 13.6. The van der Waals surface area contributed by atoms with Crippen LogP contribution in [0.15, 0.2) is 24.3 Å². The van der Waals surface area contributed by atoms with Crippen LogP contribution in [0.25, 0.3) is 0 Å². The van der Waals surface area contributed by atoms with Gasteiger partial charge in [-0.05, 0) is 46.1 Å². The molecule has 0 heterocycles. The average Bonchev–Trinajstić information content (AvgIpc) is 2.96. The van der Waals surface area contributed by atoms with Crippen LogP contribution >= 0.6 is 15.2 Å². The van der Waals surface area contributed by atoms with E-state index in [1.165, 1.54) is 0 Å². The highest BCUT2D eigenvalue weighted by molar-refractivity contribution is 7.72. The van der Waals surface area contributed by atoms with E-state index in [1.54, 1.807) is 33.8 Å². The predicted molar refractivity (Wildman–Crippen MR) is 108 cm³/mol. The van der Waals surface area contributed by atoms with E-state index in [2.05, 4.69) is 0 Å². The van der Waals surface area contributed by atoms with Crippen LogP contribution in [0.2, 0.25) is 0 Å². The molecule has 2 rings (SSSR count). The fourth-order valence-corrected chi connectivity index (χ4v) is 9.02. The van der Waals surface area contributed by atoms with Crippen LogP contribution in [0.5, 0.6) is 0 Å². The number of hydrogen-bond acceptors (Lipinski definition) is 7. The smallest absolute Gasteiger partial charge is 0.308 e. The van der Waals surface area contributed by atoms with Gasteiger partial charge in [0.25, 0.3) is 0 Å². The van der Waals surface area contributed by atoms with Crippen molar-refractivity contribution >= 4 is 21.0 Å². The summed E-state index contributed by atoms with van der Waals surface area (Å²) in [5, 5.41) is -1.16. The molecule has 1 atom stereocenters. The SMILES string of the molecule is CCOP(=O)(OCC)C(CC1Cc2ccccc2C1=O)P(=O)(OCC)OCC. The lowest BCUT2D eigenvalue weighted by atomic mass is 10.0. The minimum atomic E-state index is -3.85. The Labute approximate surface area is 167 Å². The monoisotopic (exact) mass is 432 g/mol. The van der Waals surface area contributed by atoms with Gasteiger partial charge in [-0.25, -0.2) is 0 Å². The molecule has 0 spiro atoms. The van der Waals surface area contributed by atoms with Crippen molar-refractivity contribution in [1.82, 2.24) is 0 Å². The maximum absolute atomic E-state index is 13.6. The van der Waals surface area contributed by atoms with E-state index in [4.69, 9.17) is 18.1 Å². The molecule has 9 heteroatoms. The van der Waals surface area contributed by atoms with Gasteiger partial charge in [-0.2, -0.15) is 0 Å². The van der Waals surface area contributed by atoms with Gasteiger partial charge in [-0.15, -0.1) is 0 Å². The van der Waals surface area contributed by atoms with E-state index >= 15 is 0 Å². The van der Waals surface area contributed by atoms with Crippen molar-refractivity contribution in [3.8, 4) is 0 Å². The first-order valence-corrected chi connectivity index (χ1v) is 13.0. The Morgan fingerprint density at radius 3 is 1.79 bits per heavy atom. The number of hydrogen-bond donors (Lipinski definition) is 0. The maximum Gasteiger partial charge on any atom is 0.345 e. The number of Topliss-reactive ketones (excluding diaryl/α,β-unsaturated/α-hetero) is 1. The van der Waals surface area contributed by atoms with Gasteiger partial charge in [0, 0.05) is 11.5 Å². The first-order chi connectivity index (χ1) is 13.3. The fourth-order valence-electron chi connectivity index (χ4n) is 3.53. The molecular weight excluding hydrogens is 402 g/mol. The van der Waals surface area contributed by atoms with E-state index < -0.39 is 26.5 Å². The Balaban J connectivity index is 2.42. The molecule has 1 aromatic rings. The quantitative estimate of drug-likeness (QED) is 0.415. The number of carbonyl (C=O) groups excluding carboxylic acids is 1. The van der Waals surface area contributed by atoms with Crippen LogP contribution in [0.4, 0.5) is 0 Å². The van der Waals surface area contributed by atoms with Gasteiger partial charge < -0.3 is 18.1 Å². The summed E-state index contributed by atoms with van der Waals surface area (Å²) in [6.07, 6.45) is 0.532. The third kappa shape index (κ3) is 5.02. The highest BCUT2D eigenvalue weighted by Gasteiger charge is 2.52. The second-order valence-corrected chi connectivity index (χ2v) is 11.2. The largest absolute Gasteiger partial charge is 0.345 e. The second kappa shape index (κ2) is 10.3. The second-order valence-electron chi connectivity index (χ2n) is 6.39. The molecule has 0 saturated heterocycles. The number of rotatable bonds is 12. The summed E-state index contributed by atoms with van der Waals surface area (Å²) < 4.78 is 49.1. The number of carbonyl (C=O) groups is 1. The molecule has 0 radical (unpaired) electrons. The summed E-state index contributed by atoms with van der Waals surface area (Å²) in [6.45, 7) is 7.21. The molecule has 0 aliphatic heterocycles. The first-order valence-electron chi connectivity index (χ1n) is 9.74. The van der Waals surface area contributed by atoms with Gasteiger partial charge in [0.05, 0.1) is 26.4 Å². The van der Waals surface area contributed by atoms with E-state index in [0.29, 0.717) is 12.0 Å². The molecule has 0 N–H and O–H groups in total. The Kier molecular flexibility index (Phi) is 8.62. The van der Waals surface area contributed by atoms with Crippen molar-refractivity contribution < 1.29 is 32.0 Å². The molecule has 1 aliphatic rings. The zero-order valence-corrected chi connectivity index (χ0v) is 18.7. The van der Waals surface area contributed by atoms with Gasteiger partial charge in [-0.1, -0.05) is 24.3 Å². The van der Waals surface area contributed by atoms with Gasteiger partial charge in [0.1, 0.15) is 0 Å². The lowest BCUT2D eigenvalue weighted by molar-refractivity contribution is 0.0929. The molecular formula is C19H30O7P2. The van der Waals surface area contributed by atoms with Crippen LogP contribution in [0, 0.1) is 5.92 Å². The van der Waals surface area contributed by atoms with E-state index in [-0.39, 0.29) is 38.6 Å². The molecule has 158 valence electrons. The van der Waals surface area contributed by atoms with Crippen LogP contribution in [-0.4, -0.2) is 37.6 Å². The molecule has 1 aliphatic carbocycles. The Morgan fingerprint density at radius 1 is 0.893 bits per heavy atom. The van der Waals surface area contributed by atoms with Gasteiger partial charge in [-0.3, -0.25) is 13.9 Å². The normalized spacial score (nSPS) is 17.3. The topological polar surface area (TPSA) is 88.1 Å². The summed E-state index contributed by atoms with van der Waals surface area (Å²) in [6, 6.07) is 7.37. The van der Waals surface area contributed by atoms with E-state index in [1.807, 2.05) is 18.2 Å². The summed E-state index contributed by atoms with van der Waals surface area (Å²) in [4.78, 5) is 12.9. The standard InChI is InChI=1S/C19H30O7P2/c1-5-23-27(21,24-6-2)18(28(22,25-7-3)26-8-4)14-16-13-15-11-9-10-12-17(15)19(16)20/h9-12,16,18H,5-8,13-14H2,1-4H3. The summed E-state index contributed by atoms with van der Waals surface area (Å²) in [5.74, 6) is -0.537. The molecule has 0 aromatic heterocycles. The molecule has 0 fully saturated rings. The van der Waals surface area contributed by atoms with Crippen molar-refractivity contribution in [2.24, 2.45) is 5.92 Å². The number of ketones is 1. The first kappa shape index (κ1) is 23.5. The minimum absolute atomic E-state index is 0.0437. The van der Waals surface area contributed by atoms with Crippen molar-refractivity contribution in [2.75, 3.05) is 26.4 Å². The zero-order chi connectivity index (χ0) is 20.8. The predicted octanol–water partition coefficient (Wildman–Crippen LogP) is 5.29. The number of fused-ring (bicyclic) bond motifs is 1. The highest BCUT2D eigenvalue weighted by Crippen LogP contribution is 2.72. The van der Waals surface area contributed by atoms with Crippen molar-refractivity contribution in [2.45, 2.75) is 45.9 Å². The molecule has 1 aromatic carbocycles. The Bertz CT molecular complexity index is 714. The Hall–Kier alpha value is -0.810. The van der Waals surface area contributed by atoms with Crippen molar-refractivity contribution in [1.29, 1.82) is 0 Å². The van der Waals surface area contributed by atoms with Crippen LogP contribution < -0.4 is 0 Å². The van der Waals surface area contributed by atoms with Crippen molar-refractivity contribution in [3.63, 3.8) is 0 Å². The van der Waals surface area contributed by atoms with E-state index in [0.717, 1.165) is 5.56 Å². The number of benzene rings is 1. The zero-order valence-electron chi connectivity index (χ0n) is 17.0. The van der Waals surface area contributed by atoms with Gasteiger partial charge in [0.15, 0.2) is 11.2 Å². The average molecular weight is 432 g/mol. The lowest BCUT2D eigenvalue weighted by Crippen LogP contribution is -2.23. The van der Waals surface area contributed by atoms with Crippen LogP contribution in [-0.2, 0) is 33.6 Å². The molecule has 0 saturated carbocycles. The van der Waals surface area contributed by atoms with Crippen LogP contribution in [0.3, 0.4) is 0 Å². The van der Waals surface area contributed by atoms with E-state index in [9.17, 15) is 13.9 Å². The van der Waals surface area contributed by atoms with Gasteiger partial charge in [0.2, 0.25) is 0 Å². The summed E-state index contributed by atoms with van der Waals surface area (Å²) in [7, 11) is -7.70. The third-order valence-corrected chi connectivity index (χ3v) is 10.6. The molecule has 1 unspecified atom stereocenters. The summed E-state index contributed by atoms with van der Waals surface area (Å²) in [5.41, 5.74) is 1.58. The summed E-state index contributed by atoms with van der Waals surface area (Å²) >= 11 is 0. The minimum Gasteiger partial charge on any atom is -0.308 e. The lowest BCUT2D eigenvalue weighted by Gasteiger charge is -2.32. The molecule has 7 nitrogen and oxygen atoms in total. The fraction of sp³-hybridized carbons (Fsp3) is 0.632.